The summed E-state index contributed by atoms with van der Waals surface area (Å²) in [5, 5.41) is 3.40. The predicted octanol–water partition coefficient (Wildman–Crippen LogP) is 2.71. The van der Waals surface area contributed by atoms with Gasteiger partial charge in [0, 0.05) is 39.8 Å². The summed E-state index contributed by atoms with van der Waals surface area (Å²) in [6, 6.07) is 7.45. The van der Waals surface area contributed by atoms with Crippen molar-refractivity contribution in [2.75, 3.05) is 34.2 Å². The van der Waals surface area contributed by atoms with E-state index in [1.165, 1.54) is 31.7 Å². The molecule has 0 unspecified atom stereocenters. The third-order valence-electron chi connectivity index (χ3n) is 4.58. The molecule has 0 spiro atoms. The Morgan fingerprint density at radius 3 is 2.70 bits per heavy atom. The lowest BCUT2D eigenvalue weighted by molar-refractivity contribution is 0.248. The molecular weight excluding hydrogens is 291 g/mol. The van der Waals surface area contributed by atoms with Crippen molar-refractivity contribution < 1.29 is 4.39 Å². The number of benzene rings is 1. The van der Waals surface area contributed by atoms with Gasteiger partial charge in [-0.05, 0) is 37.6 Å². The molecule has 0 heterocycles. The first kappa shape index (κ1) is 17.7. The number of hydrogen-bond donors (Lipinski definition) is 1. The van der Waals surface area contributed by atoms with Crippen LogP contribution in [0.5, 0.6) is 0 Å². The first-order chi connectivity index (χ1) is 11.1. The number of halogens is 1. The first-order valence-corrected chi connectivity index (χ1v) is 8.46. The summed E-state index contributed by atoms with van der Waals surface area (Å²) in [5.41, 5.74) is 0.943. The van der Waals surface area contributed by atoms with Crippen LogP contribution in [0.15, 0.2) is 29.3 Å². The maximum absolute atomic E-state index is 13.3. The Bertz CT molecular complexity index is 511. The molecule has 1 fully saturated rings. The van der Waals surface area contributed by atoms with Crippen LogP contribution in [-0.2, 0) is 6.54 Å². The lowest BCUT2D eigenvalue weighted by Crippen LogP contribution is -2.43. The first-order valence-electron chi connectivity index (χ1n) is 8.46. The molecular formula is C18H29FN4. The van der Waals surface area contributed by atoms with Gasteiger partial charge in [0.2, 0.25) is 0 Å². The molecule has 5 heteroatoms. The molecule has 1 N–H and O–H groups in total. The minimum absolute atomic E-state index is 0.197. The van der Waals surface area contributed by atoms with Crippen LogP contribution >= 0.6 is 0 Å². The average molecular weight is 320 g/mol. The van der Waals surface area contributed by atoms with Gasteiger partial charge in [-0.3, -0.25) is 4.99 Å². The van der Waals surface area contributed by atoms with Gasteiger partial charge in [-0.1, -0.05) is 25.0 Å². The standard InChI is InChI=1S/C18H29FN4/c1-20-18(21-11-12-22(2)17-9-4-5-10-17)23(3)14-15-7-6-8-16(19)13-15/h6-8,13,17H,4-5,9-12,14H2,1-3H3,(H,20,21). The number of aliphatic imine (C=N–C) groups is 1. The second-order valence-corrected chi connectivity index (χ2v) is 6.38. The summed E-state index contributed by atoms with van der Waals surface area (Å²) >= 11 is 0. The minimum atomic E-state index is -0.197. The molecule has 0 bridgehead atoms. The third kappa shape index (κ3) is 5.50. The molecule has 4 nitrogen and oxygen atoms in total. The van der Waals surface area contributed by atoms with Gasteiger partial charge in [-0.2, -0.15) is 0 Å². The van der Waals surface area contributed by atoms with Crippen molar-refractivity contribution >= 4 is 5.96 Å². The second-order valence-electron chi connectivity index (χ2n) is 6.38. The van der Waals surface area contributed by atoms with Gasteiger partial charge in [0.15, 0.2) is 5.96 Å². The van der Waals surface area contributed by atoms with Crippen LogP contribution in [0.3, 0.4) is 0 Å². The van der Waals surface area contributed by atoms with E-state index in [1.54, 1.807) is 19.2 Å². The highest BCUT2D eigenvalue weighted by molar-refractivity contribution is 5.79. The maximum Gasteiger partial charge on any atom is 0.193 e. The van der Waals surface area contributed by atoms with E-state index in [4.69, 9.17) is 0 Å². The smallest absolute Gasteiger partial charge is 0.193 e. The zero-order valence-electron chi connectivity index (χ0n) is 14.6. The predicted molar refractivity (Wildman–Crippen MR) is 94.1 cm³/mol. The number of likely N-dealkylation sites (N-methyl/N-ethyl adjacent to an activating group) is 1. The lowest BCUT2D eigenvalue weighted by Gasteiger charge is -2.26. The van der Waals surface area contributed by atoms with Gasteiger partial charge in [0.05, 0.1) is 0 Å². The van der Waals surface area contributed by atoms with E-state index in [-0.39, 0.29) is 5.82 Å². The van der Waals surface area contributed by atoms with E-state index in [9.17, 15) is 4.39 Å². The zero-order valence-corrected chi connectivity index (χ0v) is 14.6. The Balaban J connectivity index is 1.77. The van der Waals surface area contributed by atoms with Crippen molar-refractivity contribution in [3.05, 3.63) is 35.6 Å². The lowest BCUT2D eigenvalue weighted by atomic mass is 10.2. The Kier molecular flexibility index (Phi) is 6.84. The van der Waals surface area contributed by atoms with Gasteiger partial charge in [-0.25, -0.2) is 4.39 Å². The SMILES string of the molecule is CN=C(NCCN(C)C1CCCC1)N(C)Cc1cccc(F)c1. The fourth-order valence-electron chi connectivity index (χ4n) is 3.24. The molecule has 0 saturated heterocycles. The van der Waals surface area contributed by atoms with Crippen molar-refractivity contribution in [3.63, 3.8) is 0 Å². The third-order valence-corrected chi connectivity index (χ3v) is 4.58. The fourth-order valence-corrected chi connectivity index (χ4v) is 3.24. The Labute approximate surface area is 139 Å². The largest absolute Gasteiger partial charge is 0.355 e. The number of rotatable bonds is 6. The molecule has 1 saturated carbocycles. The van der Waals surface area contributed by atoms with E-state index in [1.807, 2.05) is 18.0 Å². The molecule has 0 aromatic heterocycles. The van der Waals surface area contributed by atoms with E-state index in [0.29, 0.717) is 6.54 Å². The average Bonchev–Trinajstić information content (AvgIpc) is 3.05. The van der Waals surface area contributed by atoms with Gasteiger partial charge in [0.25, 0.3) is 0 Å². The summed E-state index contributed by atoms with van der Waals surface area (Å²) in [4.78, 5) is 8.78. The molecule has 1 aliphatic rings. The normalized spacial score (nSPS) is 16.1. The van der Waals surface area contributed by atoms with Gasteiger partial charge in [0.1, 0.15) is 5.82 Å². The van der Waals surface area contributed by atoms with E-state index in [0.717, 1.165) is 30.7 Å². The fraction of sp³-hybridized carbons (Fsp3) is 0.611. The molecule has 2 rings (SSSR count). The molecule has 0 atom stereocenters. The van der Waals surface area contributed by atoms with Crippen LogP contribution in [0, 0.1) is 5.82 Å². The molecule has 23 heavy (non-hydrogen) atoms. The van der Waals surface area contributed by atoms with Crippen LogP contribution in [0.1, 0.15) is 31.2 Å². The molecule has 1 aliphatic carbocycles. The number of hydrogen-bond acceptors (Lipinski definition) is 2. The quantitative estimate of drug-likeness (QED) is 0.646. The molecule has 1 aromatic rings. The Hall–Kier alpha value is -1.62. The molecule has 0 amide bonds. The van der Waals surface area contributed by atoms with E-state index < -0.39 is 0 Å². The van der Waals surface area contributed by atoms with Gasteiger partial charge < -0.3 is 15.1 Å². The van der Waals surface area contributed by atoms with Crippen LogP contribution in [-0.4, -0.2) is 56.0 Å². The monoisotopic (exact) mass is 320 g/mol. The topological polar surface area (TPSA) is 30.9 Å². The van der Waals surface area contributed by atoms with Gasteiger partial charge in [-0.15, -0.1) is 0 Å². The highest BCUT2D eigenvalue weighted by atomic mass is 19.1. The zero-order chi connectivity index (χ0) is 16.7. The Morgan fingerprint density at radius 1 is 1.30 bits per heavy atom. The molecule has 128 valence electrons. The van der Waals surface area contributed by atoms with E-state index in [2.05, 4.69) is 22.3 Å². The maximum atomic E-state index is 13.3. The number of guanidine groups is 1. The summed E-state index contributed by atoms with van der Waals surface area (Å²) in [5.74, 6) is 0.645. The van der Waals surface area contributed by atoms with Crippen molar-refractivity contribution in [1.29, 1.82) is 0 Å². The number of nitrogens with zero attached hydrogens (tertiary/aromatic N) is 3. The summed E-state index contributed by atoms with van der Waals surface area (Å²) in [6.45, 7) is 2.51. The molecule has 0 aliphatic heterocycles. The number of nitrogens with one attached hydrogen (secondary N) is 1. The summed E-state index contributed by atoms with van der Waals surface area (Å²) < 4.78 is 13.3. The van der Waals surface area contributed by atoms with Gasteiger partial charge >= 0.3 is 0 Å². The second kappa shape index (κ2) is 8.87. The van der Waals surface area contributed by atoms with Crippen molar-refractivity contribution in [2.45, 2.75) is 38.3 Å². The van der Waals surface area contributed by atoms with Crippen LogP contribution in [0.2, 0.25) is 0 Å². The molecule has 0 radical (unpaired) electrons. The highest BCUT2D eigenvalue weighted by Crippen LogP contribution is 2.21. The Morgan fingerprint density at radius 2 is 2.04 bits per heavy atom. The van der Waals surface area contributed by atoms with Crippen molar-refractivity contribution in [1.82, 2.24) is 15.1 Å². The summed E-state index contributed by atoms with van der Waals surface area (Å²) in [6.07, 6.45) is 5.37. The van der Waals surface area contributed by atoms with Crippen LogP contribution in [0.25, 0.3) is 0 Å². The molecule has 1 aromatic carbocycles. The van der Waals surface area contributed by atoms with Crippen LogP contribution < -0.4 is 5.32 Å². The van der Waals surface area contributed by atoms with Crippen molar-refractivity contribution in [3.8, 4) is 0 Å². The minimum Gasteiger partial charge on any atom is -0.355 e. The van der Waals surface area contributed by atoms with Crippen molar-refractivity contribution in [2.24, 2.45) is 4.99 Å². The highest BCUT2D eigenvalue weighted by Gasteiger charge is 2.19. The summed E-state index contributed by atoms with van der Waals surface area (Å²) in [7, 11) is 5.96. The van der Waals surface area contributed by atoms with Crippen LogP contribution in [0.4, 0.5) is 4.39 Å². The van der Waals surface area contributed by atoms with E-state index >= 15 is 0 Å².